The number of aryl methyl sites for hydroxylation is 1. The van der Waals surface area contributed by atoms with Crippen molar-refractivity contribution in [3.05, 3.63) is 28.5 Å². The number of hydrogen-bond acceptors (Lipinski definition) is 2. The zero-order chi connectivity index (χ0) is 7.84. The molecule has 0 bridgehead atoms. The topological polar surface area (TPSA) is 20.2 Å². The molecule has 1 N–H and O–H groups in total. The lowest BCUT2D eigenvalue weighted by atomic mass is 10.2. The van der Waals surface area contributed by atoms with Crippen molar-refractivity contribution in [2.24, 2.45) is 0 Å². The number of rotatable bonds is 0. The van der Waals surface area contributed by atoms with E-state index in [0.29, 0.717) is 5.75 Å². The van der Waals surface area contributed by atoms with Gasteiger partial charge in [-0.05, 0) is 41.3 Å². The lowest BCUT2D eigenvalue weighted by Gasteiger charge is -1.91. The van der Waals surface area contributed by atoms with Crippen molar-refractivity contribution < 1.29 is 5.11 Å². The molecular weight excluding hydrogens is 156 g/mol. The van der Waals surface area contributed by atoms with Crippen LogP contribution < -0.4 is 0 Å². The molecule has 0 amide bonds. The molecule has 0 fully saturated rings. The molecule has 11 heavy (non-hydrogen) atoms. The van der Waals surface area contributed by atoms with Crippen LogP contribution in [0.15, 0.2) is 23.6 Å². The van der Waals surface area contributed by atoms with Crippen molar-refractivity contribution >= 4 is 22.1 Å². The fourth-order valence-corrected chi connectivity index (χ4v) is 2.00. The van der Waals surface area contributed by atoms with Gasteiger partial charge in [0.1, 0.15) is 5.75 Å². The Balaban J connectivity index is 2.86. The number of aromatic hydroxyl groups is 1. The van der Waals surface area contributed by atoms with Crippen LogP contribution in [0, 0.1) is 6.92 Å². The van der Waals surface area contributed by atoms with Crippen LogP contribution in [0.1, 0.15) is 4.88 Å². The Labute approximate surface area is 68.9 Å². The summed E-state index contributed by atoms with van der Waals surface area (Å²) < 4.78 is 0. The van der Waals surface area contributed by atoms with Crippen LogP contribution in [0.4, 0.5) is 0 Å². The van der Waals surface area contributed by atoms with Gasteiger partial charge in [0.05, 0.1) is 0 Å². The van der Waals surface area contributed by atoms with Crippen LogP contribution in [0.25, 0.3) is 10.8 Å². The molecule has 2 heteroatoms. The van der Waals surface area contributed by atoms with Crippen molar-refractivity contribution in [2.45, 2.75) is 6.92 Å². The van der Waals surface area contributed by atoms with Crippen molar-refractivity contribution in [2.75, 3.05) is 0 Å². The maximum Gasteiger partial charge on any atom is 0.116 e. The van der Waals surface area contributed by atoms with Gasteiger partial charge in [-0.2, -0.15) is 0 Å². The number of fused-ring (bicyclic) bond motifs is 1. The summed E-state index contributed by atoms with van der Waals surface area (Å²) in [6.45, 7) is 2.09. The van der Waals surface area contributed by atoms with Crippen molar-refractivity contribution in [3.63, 3.8) is 0 Å². The summed E-state index contributed by atoms with van der Waals surface area (Å²) in [6.07, 6.45) is 0. The Morgan fingerprint density at radius 2 is 2.18 bits per heavy atom. The summed E-state index contributed by atoms with van der Waals surface area (Å²) in [7, 11) is 0. The van der Waals surface area contributed by atoms with Gasteiger partial charge in [-0.3, -0.25) is 0 Å². The molecule has 1 aromatic heterocycles. The lowest BCUT2D eigenvalue weighted by Crippen LogP contribution is -1.66. The molecule has 1 nitrogen and oxygen atoms in total. The Morgan fingerprint density at radius 1 is 1.36 bits per heavy atom. The van der Waals surface area contributed by atoms with Gasteiger partial charge in [0.2, 0.25) is 0 Å². The minimum Gasteiger partial charge on any atom is -0.508 e. The van der Waals surface area contributed by atoms with E-state index in [-0.39, 0.29) is 0 Å². The standard InChI is InChI=1S/C9H8OS/c1-6-9-3-2-8(10)4-7(9)5-11-6/h2-5,10H,1H3. The Morgan fingerprint density at radius 3 is 3.00 bits per heavy atom. The van der Waals surface area contributed by atoms with Gasteiger partial charge in [-0.15, -0.1) is 11.3 Å². The molecule has 2 rings (SSSR count). The van der Waals surface area contributed by atoms with Crippen LogP contribution in [-0.2, 0) is 0 Å². The molecule has 0 unspecified atom stereocenters. The van der Waals surface area contributed by atoms with Gasteiger partial charge >= 0.3 is 0 Å². The third kappa shape index (κ3) is 0.994. The van der Waals surface area contributed by atoms with Crippen LogP contribution in [-0.4, -0.2) is 5.11 Å². The van der Waals surface area contributed by atoms with E-state index in [9.17, 15) is 0 Å². The summed E-state index contributed by atoms with van der Waals surface area (Å²) in [5, 5.41) is 13.6. The summed E-state index contributed by atoms with van der Waals surface area (Å²) in [4.78, 5) is 1.31. The molecule has 0 aliphatic heterocycles. The summed E-state index contributed by atoms with van der Waals surface area (Å²) in [5.41, 5.74) is 0. The maximum absolute atomic E-state index is 9.14. The Bertz CT molecular complexity index is 389. The van der Waals surface area contributed by atoms with Crippen LogP contribution in [0.5, 0.6) is 5.75 Å². The molecule has 0 aliphatic carbocycles. The molecule has 1 heterocycles. The number of phenolic OH excluding ortho intramolecular Hbond substituents is 1. The molecule has 1 aromatic carbocycles. The molecule has 56 valence electrons. The summed E-state index contributed by atoms with van der Waals surface area (Å²) in [5.74, 6) is 0.343. The van der Waals surface area contributed by atoms with Crippen molar-refractivity contribution in [3.8, 4) is 5.75 Å². The van der Waals surface area contributed by atoms with E-state index in [0.717, 1.165) is 5.39 Å². The molecule has 0 saturated heterocycles. The zero-order valence-electron chi connectivity index (χ0n) is 6.16. The van der Waals surface area contributed by atoms with Gasteiger partial charge in [0, 0.05) is 4.88 Å². The predicted octanol–water partition coefficient (Wildman–Crippen LogP) is 2.92. The number of hydrogen-bond donors (Lipinski definition) is 1. The largest absolute Gasteiger partial charge is 0.508 e. The maximum atomic E-state index is 9.14. The van der Waals surface area contributed by atoms with E-state index in [1.165, 1.54) is 10.3 Å². The van der Waals surface area contributed by atoms with E-state index in [2.05, 4.69) is 12.3 Å². The molecule has 0 aliphatic rings. The first-order valence-electron chi connectivity index (χ1n) is 3.44. The van der Waals surface area contributed by atoms with Gasteiger partial charge in [-0.1, -0.05) is 0 Å². The number of phenols is 1. The summed E-state index contributed by atoms with van der Waals surface area (Å²) >= 11 is 1.72. The predicted molar refractivity (Wildman–Crippen MR) is 48.2 cm³/mol. The van der Waals surface area contributed by atoms with Crippen LogP contribution in [0.3, 0.4) is 0 Å². The Kier molecular flexibility index (Phi) is 1.36. The SMILES string of the molecule is Cc1scc2cc(O)ccc12. The first-order valence-corrected chi connectivity index (χ1v) is 4.32. The highest BCUT2D eigenvalue weighted by molar-refractivity contribution is 7.11. The average Bonchev–Trinajstić information content (AvgIpc) is 2.32. The zero-order valence-corrected chi connectivity index (χ0v) is 6.98. The van der Waals surface area contributed by atoms with E-state index < -0.39 is 0 Å². The molecule has 0 radical (unpaired) electrons. The van der Waals surface area contributed by atoms with Crippen molar-refractivity contribution in [1.82, 2.24) is 0 Å². The average molecular weight is 164 g/mol. The van der Waals surface area contributed by atoms with Crippen LogP contribution in [0.2, 0.25) is 0 Å². The van der Waals surface area contributed by atoms with E-state index in [1.807, 2.05) is 6.07 Å². The minimum absolute atomic E-state index is 0.343. The second-order valence-corrected chi connectivity index (χ2v) is 3.65. The van der Waals surface area contributed by atoms with Gasteiger partial charge < -0.3 is 5.11 Å². The third-order valence-corrected chi connectivity index (χ3v) is 2.72. The second kappa shape index (κ2) is 2.24. The molecule has 0 saturated carbocycles. The second-order valence-electron chi connectivity index (χ2n) is 2.56. The fraction of sp³-hybridized carbons (Fsp3) is 0.111. The monoisotopic (exact) mass is 164 g/mol. The third-order valence-electron chi connectivity index (χ3n) is 1.78. The van der Waals surface area contributed by atoms with Gasteiger partial charge in [0.25, 0.3) is 0 Å². The molecule has 0 atom stereocenters. The van der Waals surface area contributed by atoms with Crippen LogP contribution >= 0.6 is 11.3 Å². The highest BCUT2D eigenvalue weighted by atomic mass is 32.1. The van der Waals surface area contributed by atoms with E-state index in [4.69, 9.17) is 5.11 Å². The summed E-state index contributed by atoms with van der Waals surface area (Å²) in [6, 6.07) is 5.47. The molecular formula is C9H8OS. The lowest BCUT2D eigenvalue weighted by molar-refractivity contribution is 0.476. The number of benzene rings is 1. The first kappa shape index (κ1) is 6.68. The van der Waals surface area contributed by atoms with E-state index >= 15 is 0 Å². The Hall–Kier alpha value is -1.02. The number of thiophene rings is 1. The normalized spacial score (nSPS) is 10.6. The molecule has 0 spiro atoms. The van der Waals surface area contributed by atoms with E-state index in [1.54, 1.807) is 23.5 Å². The quantitative estimate of drug-likeness (QED) is 0.634. The highest BCUT2D eigenvalue weighted by Crippen LogP contribution is 2.27. The van der Waals surface area contributed by atoms with Crippen molar-refractivity contribution in [1.29, 1.82) is 0 Å². The fourth-order valence-electron chi connectivity index (χ4n) is 1.18. The van der Waals surface area contributed by atoms with Gasteiger partial charge in [0.15, 0.2) is 0 Å². The molecule has 2 aromatic rings. The smallest absolute Gasteiger partial charge is 0.116 e. The minimum atomic E-state index is 0.343. The first-order chi connectivity index (χ1) is 5.27. The van der Waals surface area contributed by atoms with Gasteiger partial charge in [-0.25, -0.2) is 0 Å². The highest BCUT2D eigenvalue weighted by Gasteiger charge is 1.98.